The first-order chi connectivity index (χ1) is 17.5. The number of nitrogens with zero attached hydrogens (tertiary/aromatic N) is 1. The molecule has 1 atom stereocenters. The minimum atomic E-state index is -3.64. The normalized spacial score (nSPS) is 19.3. The molecule has 1 unspecified atom stereocenters. The van der Waals surface area contributed by atoms with E-state index in [1.165, 1.54) is 30.4 Å². The van der Waals surface area contributed by atoms with Gasteiger partial charge in [0.25, 0.3) is 0 Å². The third kappa shape index (κ3) is 3.88. The fourth-order valence-corrected chi connectivity index (χ4v) is 8.15. The Labute approximate surface area is 214 Å². The molecule has 1 saturated carbocycles. The molecule has 4 aromatic rings. The van der Waals surface area contributed by atoms with Crippen LogP contribution >= 0.6 is 0 Å². The summed E-state index contributed by atoms with van der Waals surface area (Å²) in [7, 11) is -3.64. The van der Waals surface area contributed by atoms with Gasteiger partial charge in [0.2, 0.25) is 10.0 Å². The molecule has 1 aromatic heterocycles. The van der Waals surface area contributed by atoms with Crippen molar-refractivity contribution in [2.75, 3.05) is 0 Å². The first-order valence-corrected chi connectivity index (χ1v) is 15.0. The van der Waals surface area contributed by atoms with E-state index < -0.39 is 10.0 Å². The Bertz CT molecular complexity index is 1510. The summed E-state index contributed by atoms with van der Waals surface area (Å²) in [5, 5.41) is 2.23. The zero-order chi connectivity index (χ0) is 24.9. The molecule has 5 heteroatoms. The fourth-order valence-electron chi connectivity index (χ4n) is 6.51. The molecule has 0 radical (unpaired) electrons. The van der Waals surface area contributed by atoms with Crippen molar-refractivity contribution in [2.24, 2.45) is 5.92 Å². The van der Waals surface area contributed by atoms with E-state index in [1.54, 1.807) is 12.1 Å². The van der Waals surface area contributed by atoms with Gasteiger partial charge in [-0.2, -0.15) is 4.31 Å². The molecule has 2 aliphatic rings. The van der Waals surface area contributed by atoms with Crippen LogP contribution in [0.25, 0.3) is 21.9 Å². The van der Waals surface area contributed by atoms with Gasteiger partial charge in [-0.15, -0.1) is 0 Å². The number of benzene rings is 3. The first-order valence-electron chi connectivity index (χ1n) is 13.5. The average Bonchev–Trinajstić information content (AvgIpc) is 3.47. The van der Waals surface area contributed by atoms with E-state index in [4.69, 9.17) is 4.42 Å². The van der Waals surface area contributed by atoms with E-state index >= 15 is 0 Å². The van der Waals surface area contributed by atoms with Crippen LogP contribution < -0.4 is 0 Å². The summed E-state index contributed by atoms with van der Waals surface area (Å²) in [4.78, 5) is 0.394. The van der Waals surface area contributed by atoms with Gasteiger partial charge in [-0.1, -0.05) is 68.5 Å². The highest BCUT2D eigenvalue weighted by Gasteiger charge is 2.45. The molecule has 0 saturated heterocycles. The Kier molecular flexibility index (Phi) is 6.17. The second-order valence-corrected chi connectivity index (χ2v) is 12.6. The summed E-state index contributed by atoms with van der Waals surface area (Å²) in [5.74, 6) is 0.336. The standard InChI is InChI=1S/C31H35NO3S/c1-3-4-12-26-29-23(19-27-25-13-8-9-14-28(25)35-31(26)27)20-32(30(29)22-10-6-5-7-11-22)36(33,34)24-17-15-21(2)16-18-24/h8-9,13-19,22,30H,3-7,10-12,20H2,1-2H3. The van der Waals surface area contributed by atoms with Crippen molar-refractivity contribution in [3.05, 3.63) is 76.9 Å². The van der Waals surface area contributed by atoms with Crippen LogP contribution in [-0.4, -0.2) is 12.7 Å². The van der Waals surface area contributed by atoms with Gasteiger partial charge < -0.3 is 4.42 Å². The van der Waals surface area contributed by atoms with Crippen molar-refractivity contribution in [3.63, 3.8) is 0 Å². The minimum Gasteiger partial charge on any atom is -0.456 e. The summed E-state index contributed by atoms with van der Waals surface area (Å²) < 4.78 is 36.6. The topological polar surface area (TPSA) is 50.5 Å². The molecule has 1 fully saturated rings. The number of fused-ring (bicyclic) bond motifs is 4. The van der Waals surface area contributed by atoms with Gasteiger partial charge in [-0.25, -0.2) is 8.42 Å². The van der Waals surface area contributed by atoms with Crippen molar-refractivity contribution in [1.29, 1.82) is 0 Å². The van der Waals surface area contributed by atoms with E-state index in [0.717, 1.165) is 65.2 Å². The number of hydrogen-bond donors (Lipinski definition) is 0. The van der Waals surface area contributed by atoms with Crippen LogP contribution in [0.3, 0.4) is 0 Å². The number of para-hydroxylation sites is 1. The van der Waals surface area contributed by atoms with Crippen LogP contribution in [-0.2, 0) is 23.0 Å². The highest BCUT2D eigenvalue weighted by atomic mass is 32.2. The fraction of sp³-hybridized carbons (Fsp3) is 0.419. The van der Waals surface area contributed by atoms with Gasteiger partial charge in [0.1, 0.15) is 11.2 Å². The van der Waals surface area contributed by atoms with Gasteiger partial charge in [-0.3, -0.25) is 0 Å². The molecule has 0 spiro atoms. The lowest BCUT2D eigenvalue weighted by Crippen LogP contribution is -2.34. The maximum Gasteiger partial charge on any atom is 0.243 e. The van der Waals surface area contributed by atoms with Gasteiger partial charge >= 0.3 is 0 Å². The van der Waals surface area contributed by atoms with E-state index in [1.807, 2.05) is 35.5 Å². The largest absolute Gasteiger partial charge is 0.456 e. The summed E-state index contributed by atoms with van der Waals surface area (Å²) in [6.07, 6.45) is 8.81. The summed E-state index contributed by atoms with van der Waals surface area (Å²) >= 11 is 0. The van der Waals surface area contributed by atoms with Crippen LogP contribution in [0.15, 0.2) is 63.9 Å². The number of furan rings is 1. The van der Waals surface area contributed by atoms with Crippen molar-refractivity contribution >= 4 is 32.0 Å². The third-order valence-electron chi connectivity index (χ3n) is 8.33. The summed E-state index contributed by atoms with van der Waals surface area (Å²) in [6.45, 7) is 4.64. The summed E-state index contributed by atoms with van der Waals surface area (Å²) in [5.41, 5.74) is 6.56. The summed E-state index contributed by atoms with van der Waals surface area (Å²) in [6, 6.07) is 17.7. The second-order valence-electron chi connectivity index (χ2n) is 10.7. The van der Waals surface area contributed by atoms with Crippen LogP contribution in [0.1, 0.15) is 80.2 Å². The van der Waals surface area contributed by atoms with Crippen LogP contribution in [0.2, 0.25) is 0 Å². The Hall–Kier alpha value is -2.63. The number of rotatable bonds is 6. The quantitative estimate of drug-likeness (QED) is 0.268. The first kappa shape index (κ1) is 23.7. The zero-order valence-corrected chi connectivity index (χ0v) is 22.1. The molecule has 2 heterocycles. The van der Waals surface area contributed by atoms with Gasteiger partial charge in [-0.05, 0) is 73.9 Å². The lowest BCUT2D eigenvalue weighted by atomic mass is 9.79. The predicted octanol–water partition coefficient (Wildman–Crippen LogP) is 8.06. The molecule has 0 bridgehead atoms. The molecule has 188 valence electrons. The minimum absolute atomic E-state index is 0.129. The lowest BCUT2D eigenvalue weighted by molar-refractivity contribution is 0.207. The number of unbranched alkanes of at least 4 members (excludes halogenated alkanes) is 1. The van der Waals surface area contributed by atoms with Crippen molar-refractivity contribution in [2.45, 2.75) is 82.7 Å². The Morgan fingerprint density at radius 1 is 0.972 bits per heavy atom. The van der Waals surface area contributed by atoms with E-state index in [9.17, 15) is 8.42 Å². The molecule has 36 heavy (non-hydrogen) atoms. The van der Waals surface area contributed by atoms with Gasteiger partial charge in [0.05, 0.1) is 10.9 Å². The monoisotopic (exact) mass is 501 g/mol. The molecular formula is C31H35NO3S. The molecule has 0 N–H and O–H groups in total. The Balaban J connectivity index is 1.57. The Morgan fingerprint density at radius 3 is 2.47 bits per heavy atom. The number of aryl methyl sites for hydroxylation is 2. The average molecular weight is 502 g/mol. The Morgan fingerprint density at radius 2 is 1.72 bits per heavy atom. The predicted molar refractivity (Wildman–Crippen MR) is 146 cm³/mol. The zero-order valence-electron chi connectivity index (χ0n) is 21.3. The van der Waals surface area contributed by atoms with E-state index in [-0.39, 0.29) is 6.04 Å². The smallest absolute Gasteiger partial charge is 0.243 e. The molecule has 0 amide bonds. The van der Waals surface area contributed by atoms with Crippen LogP contribution in [0.4, 0.5) is 0 Å². The van der Waals surface area contributed by atoms with Gasteiger partial charge in [0.15, 0.2) is 0 Å². The molecule has 1 aliphatic carbocycles. The maximum atomic E-state index is 14.1. The van der Waals surface area contributed by atoms with Crippen molar-refractivity contribution in [3.8, 4) is 0 Å². The number of hydrogen-bond acceptors (Lipinski definition) is 3. The molecule has 4 nitrogen and oxygen atoms in total. The van der Waals surface area contributed by atoms with Gasteiger partial charge in [0, 0.05) is 22.9 Å². The molecule has 3 aromatic carbocycles. The van der Waals surface area contributed by atoms with Crippen molar-refractivity contribution in [1.82, 2.24) is 4.31 Å². The molecule has 1 aliphatic heterocycles. The SMILES string of the molecule is CCCCc1c2c(cc3c1oc1ccccc13)CN(S(=O)(=O)c1ccc(C)cc1)C2C1CCCCC1. The number of sulfonamides is 1. The lowest BCUT2D eigenvalue weighted by Gasteiger charge is -2.34. The third-order valence-corrected chi connectivity index (χ3v) is 10.2. The van der Waals surface area contributed by atoms with Crippen LogP contribution in [0, 0.1) is 12.8 Å². The van der Waals surface area contributed by atoms with E-state index in [0.29, 0.717) is 17.4 Å². The maximum absolute atomic E-state index is 14.1. The second kappa shape index (κ2) is 9.35. The molecule has 6 rings (SSSR count). The van der Waals surface area contributed by atoms with Crippen LogP contribution in [0.5, 0.6) is 0 Å². The van der Waals surface area contributed by atoms with Crippen molar-refractivity contribution < 1.29 is 12.8 Å². The van der Waals surface area contributed by atoms with E-state index in [2.05, 4.69) is 25.1 Å². The highest BCUT2D eigenvalue weighted by molar-refractivity contribution is 7.89. The highest BCUT2D eigenvalue weighted by Crippen LogP contribution is 2.50. The molecular weight excluding hydrogens is 466 g/mol.